The largest absolute Gasteiger partial charge is 0.507 e. The number of nitrogens with two attached hydrogens (primary N) is 1. The topological polar surface area (TPSA) is 66.6 Å². The smallest absolute Gasteiger partial charge is 0.257 e. The molecule has 0 aromatic heterocycles. The van der Waals surface area contributed by atoms with Gasteiger partial charge in [0.2, 0.25) is 0 Å². The molecule has 4 heteroatoms. The standard InChI is InChI=1S/C17H20N2O2/c1-12-3-8-16(20)15(9-12)17(21)19(2)11-14-6-4-13(10-18)5-7-14/h3-9,20H,10-11,18H2,1-2H3. The summed E-state index contributed by atoms with van der Waals surface area (Å²) in [6.45, 7) is 2.88. The summed E-state index contributed by atoms with van der Waals surface area (Å²) in [5.74, 6) is -0.185. The molecule has 0 saturated heterocycles. The molecule has 0 aliphatic carbocycles. The van der Waals surface area contributed by atoms with Crippen LogP contribution < -0.4 is 5.73 Å². The van der Waals surface area contributed by atoms with Gasteiger partial charge < -0.3 is 15.7 Å². The normalized spacial score (nSPS) is 10.4. The van der Waals surface area contributed by atoms with E-state index in [2.05, 4.69) is 0 Å². The number of nitrogens with zero attached hydrogens (tertiary/aromatic N) is 1. The molecule has 4 nitrogen and oxygen atoms in total. The predicted octanol–water partition coefficient (Wildman–Crippen LogP) is 2.43. The van der Waals surface area contributed by atoms with Gasteiger partial charge in [0.15, 0.2) is 0 Å². The van der Waals surface area contributed by atoms with Crippen LogP contribution in [-0.4, -0.2) is 23.0 Å². The molecule has 0 aliphatic rings. The Kier molecular flexibility index (Phi) is 4.60. The van der Waals surface area contributed by atoms with Crippen molar-refractivity contribution in [1.82, 2.24) is 4.90 Å². The van der Waals surface area contributed by atoms with Gasteiger partial charge in [-0.2, -0.15) is 0 Å². The van der Waals surface area contributed by atoms with E-state index in [0.717, 1.165) is 16.7 Å². The number of phenols is 1. The predicted molar refractivity (Wildman–Crippen MR) is 83.0 cm³/mol. The molecule has 2 rings (SSSR count). The molecule has 0 heterocycles. The Balaban J connectivity index is 2.13. The number of amides is 1. The molecular formula is C17H20N2O2. The third kappa shape index (κ3) is 3.61. The van der Waals surface area contributed by atoms with Crippen LogP contribution >= 0.6 is 0 Å². The maximum atomic E-state index is 12.4. The second kappa shape index (κ2) is 6.41. The highest BCUT2D eigenvalue weighted by Gasteiger charge is 2.16. The first kappa shape index (κ1) is 15.1. The van der Waals surface area contributed by atoms with Gasteiger partial charge in [-0.15, -0.1) is 0 Å². The number of aryl methyl sites for hydroxylation is 1. The molecule has 110 valence electrons. The van der Waals surface area contributed by atoms with E-state index in [4.69, 9.17) is 5.73 Å². The van der Waals surface area contributed by atoms with Crippen molar-refractivity contribution >= 4 is 5.91 Å². The molecule has 0 fully saturated rings. The molecule has 0 atom stereocenters. The van der Waals surface area contributed by atoms with E-state index in [1.165, 1.54) is 0 Å². The first-order valence-electron chi connectivity index (χ1n) is 6.84. The minimum atomic E-state index is -0.195. The summed E-state index contributed by atoms with van der Waals surface area (Å²) in [7, 11) is 1.72. The van der Waals surface area contributed by atoms with Crippen LogP contribution in [0.2, 0.25) is 0 Å². The van der Waals surface area contributed by atoms with Crippen LogP contribution in [0.15, 0.2) is 42.5 Å². The number of hydrogen-bond acceptors (Lipinski definition) is 3. The summed E-state index contributed by atoms with van der Waals surface area (Å²) in [6.07, 6.45) is 0. The fourth-order valence-electron chi connectivity index (χ4n) is 2.15. The second-order valence-electron chi connectivity index (χ2n) is 5.20. The van der Waals surface area contributed by atoms with E-state index in [0.29, 0.717) is 18.7 Å². The van der Waals surface area contributed by atoms with Crippen LogP contribution in [0, 0.1) is 6.92 Å². The Morgan fingerprint density at radius 1 is 1.14 bits per heavy atom. The molecule has 0 unspecified atom stereocenters. The number of hydrogen-bond donors (Lipinski definition) is 2. The lowest BCUT2D eigenvalue weighted by atomic mass is 10.1. The average molecular weight is 284 g/mol. The maximum Gasteiger partial charge on any atom is 0.257 e. The molecule has 21 heavy (non-hydrogen) atoms. The number of carbonyl (C=O) groups excluding carboxylic acids is 1. The van der Waals surface area contributed by atoms with Gasteiger partial charge in [0.25, 0.3) is 5.91 Å². The minimum Gasteiger partial charge on any atom is -0.507 e. The highest BCUT2D eigenvalue weighted by atomic mass is 16.3. The van der Waals surface area contributed by atoms with Gasteiger partial charge in [0.1, 0.15) is 5.75 Å². The zero-order valence-corrected chi connectivity index (χ0v) is 12.3. The summed E-state index contributed by atoms with van der Waals surface area (Å²) >= 11 is 0. The van der Waals surface area contributed by atoms with E-state index in [1.54, 1.807) is 30.1 Å². The monoisotopic (exact) mass is 284 g/mol. The van der Waals surface area contributed by atoms with E-state index in [1.807, 2.05) is 31.2 Å². The first-order chi connectivity index (χ1) is 10.0. The van der Waals surface area contributed by atoms with Crippen molar-refractivity contribution in [3.8, 4) is 5.75 Å². The fourth-order valence-corrected chi connectivity index (χ4v) is 2.15. The Labute approximate surface area is 124 Å². The SMILES string of the molecule is Cc1ccc(O)c(C(=O)N(C)Cc2ccc(CN)cc2)c1. The lowest BCUT2D eigenvalue weighted by Gasteiger charge is -2.18. The van der Waals surface area contributed by atoms with Gasteiger partial charge in [0.05, 0.1) is 5.56 Å². The maximum absolute atomic E-state index is 12.4. The van der Waals surface area contributed by atoms with Crippen LogP contribution in [0.5, 0.6) is 5.75 Å². The second-order valence-corrected chi connectivity index (χ2v) is 5.20. The van der Waals surface area contributed by atoms with Crippen molar-refractivity contribution in [2.45, 2.75) is 20.0 Å². The van der Waals surface area contributed by atoms with Gasteiger partial charge in [-0.05, 0) is 30.2 Å². The zero-order valence-electron chi connectivity index (χ0n) is 12.3. The number of benzene rings is 2. The molecule has 0 bridgehead atoms. The van der Waals surface area contributed by atoms with Crippen LogP contribution in [0.25, 0.3) is 0 Å². The summed E-state index contributed by atoms with van der Waals surface area (Å²) in [5.41, 5.74) is 8.92. The van der Waals surface area contributed by atoms with Crippen molar-refractivity contribution < 1.29 is 9.90 Å². The van der Waals surface area contributed by atoms with Crippen molar-refractivity contribution in [3.63, 3.8) is 0 Å². The van der Waals surface area contributed by atoms with E-state index in [9.17, 15) is 9.90 Å². The van der Waals surface area contributed by atoms with Gasteiger partial charge in [-0.25, -0.2) is 0 Å². The fraction of sp³-hybridized carbons (Fsp3) is 0.235. The summed E-state index contributed by atoms with van der Waals surface area (Å²) in [6, 6.07) is 12.9. The molecule has 3 N–H and O–H groups in total. The minimum absolute atomic E-state index is 0.0101. The highest BCUT2D eigenvalue weighted by Crippen LogP contribution is 2.20. The molecule has 0 saturated carbocycles. The van der Waals surface area contributed by atoms with Gasteiger partial charge in [-0.1, -0.05) is 35.9 Å². The van der Waals surface area contributed by atoms with Gasteiger partial charge >= 0.3 is 0 Å². The molecule has 0 aliphatic heterocycles. The van der Waals surface area contributed by atoms with Gasteiger partial charge in [0, 0.05) is 20.1 Å². The third-order valence-corrected chi connectivity index (χ3v) is 3.41. The Morgan fingerprint density at radius 2 is 1.76 bits per heavy atom. The summed E-state index contributed by atoms with van der Waals surface area (Å²) < 4.78 is 0. The van der Waals surface area contributed by atoms with Crippen LogP contribution in [0.1, 0.15) is 27.0 Å². The van der Waals surface area contributed by atoms with Crippen LogP contribution in [0.3, 0.4) is 0 Å². The highest BCUT2D eigenvalue weighted by molar-refractivity contribution is 5.96. The molecule has 0 spiro atoms. The Morgan fingerprint density at radius 3 is 2.38 bits per heavy atom. The van der Waals surface area contributed by atoms with Crippen LogP contribution in [-0.2, 0) is 13.1 Å². The molecular weight excluding hydrogens is 264 g/mol. The van der Waals surface area contributed by atoms with Gasteiger partial charge in [-0.3, -0.25) is 4.79 Å². The third-order valence-electron chi connectivity index (χ3n) is 3.41. The summed E-state index contributed by atoms with van der Waals surface area (Å²) in [5, 5.41) is 9.83. The number of aromatic hydroxyl groups is 1. The molecule has 0 radical (unpaired) electrons. The van der Waals surface area contributed by atoms with E-state index in [-0.39, 0.29) is 11.7 Å². The zero-order chi connectivity index (χ0) is 15.4. The molecule has 2 aromatic carbocycles. The first-order valence-corrected chi connectivity index (χ1v) is 6.84. The number of rotatable bonds is 4. The quantitative estimate of drug-likeness (QED) is 0.906. The lowest BCUT2D eigenvalue weighted by Crippen LogP contribution is -2.26. The Bertz CT molecular complexity index is 636. The lowest BCUT2D eigenvalue weighted by molar-refractivity contribution is 0.0782. The molecule has 1 amide bonds. The summed E-state index contributed by atoms with van der Waals surface area (Å²) in [4.78, 5) is 14.0. The Hall–Kier alpha value is -2.33. The molecule has 2 aromatic rings. The van der Waals surface area contributed by atoms with E-state index >= 15 is 0 Å². The van der Waals surface area contributed by atoms with Crippen molar-refractivity contribution in [3.05, 3.63) is 64.7 Å². The van der Waals surface area contributed by atoms with Crippen molar-refractivity contribution in [1.29, 1.82) is 0 Å². The van der Waals surface area contributed by atoms with Crippen molar-refractivity contribution in [2.75, 3.05) is 7.05 Å². The van der Waals surface area contributed by atoms with Crippen molar-refractivity contribution in [2.24, 2.45) is 5.73 Å². The number of carbonyl (C=O) groups is 1. The average Bonchev–Trinajstić information content (AvgIpc) is 2.49. The van der Waals surface area contributed by atoms with E-state index < -0.39 is 0 Å². The number of phenolic OH excluding ortho intramolecular Hbond substituents is 1. The van der Waals surface area contributed by atoms with Crippen LogP contribution in [0.4, 0.5) is 0 Å².